The third-order valence-electron chi connectivity index (χ3n) is 3.98. The van der Waals surface area contributed by atoms with Crippen LogP contribution < -0.4 is 19.7 Å². The van der Waals surface area contributed by atoms with E-state index in [1.54, 1.807) is 50.7 Å². The van der Waals surface area contributed by atoms with E-state index in [4.69, 9.17) is 14.2 Å². The van der Waals surface area contributed by atoms with Crippen molar-refractivity contribution in [3.05, 3.63) is 42.2 Å². The van der Waals surface area contributed by atoms with Gasteiger partial charge in [0.2, 0.25) is 0 Å². The van der Waals surface area contributed by atoms with Gasteiger partial charge in [0.1, 0.15) is 22.9 Å². The van der Waals surface area contributed by atoms with Gasteiger partial charge in [0, 0.05) is 31.4 Å². The molecule has 0 spiro atoms. The minimum absolute atomic E-state index is 0.287. The quantitative estimate of drug-likeness (QED) is 0.897. The predicted molar refractivity (Wildman–Crippen MR) is 94.8 cm³/mol. The average molecular weight is 343 g/mol. The van der Waals surface area contributed by atoms with Crippen molar-refractivity contribution < 1.29 is 19.0 Å². The van der Waals surface area contributed by atoms with Crippen LogP contribution in [0.1, 0.15) is 10.5 Å². The Bertz CT molecular complexity index is 731. The molecule has 1 amide bonds. The highest BCUT2D eigenvalue weighted by Gasteiger charge is 2.22. The number of aromatic nitrogens is 1. The Morgan fingerprint density at radius 1 is 1.20 bits per heavy atom. The van der Waals surface area contributed by atoms with Crippen molar-refractivity contribution in [2.75, 3.05) is 50.7 Å². The molecule has 1 aliphatic heterocycles. The minimum atomic E-state index is -0.287. The number of carbonyl (C=O) groups is 1. The van der Waals surface area contributed by atoms with Gasteiger partial charge in [-0.15, -0.1) is 0 Å². The van der Waals surface area contributed by atoms with Crippen molar-refractivity contribution in [1.82, 2.24) is 4.98 Å². The highest BCUT2D eigenvalue weighted by atomic mass is 16.5. The molecule has 0 bridgehead atoms. The van der Waals surface area contributed by atoms with Crippen LogP contribution in [0.2, 0.25) is 0 Å². The summed E-state index contributed by atoms with van der Waals surface area (Å²) in [4.78, 5) is 18.8. The largest absolute Gasteiger partial charge is 0.497 e. The lowest BCUT2D eigenvalue weighted by Gasteiger charge is -2.32. The fourth-order valence-electron chi connectivity index (χ4n) is 2.75. The molecule has 2 heterocycles. The number of amides is 1. The molecule has 7 heteroatoms. The summed E-state index contributed by atoms with van der Waals surface area (Å²) in [6.45, 7) is 2.69. The molecule has 7 nitrogen and oxygen atoms in total. The van der Waals surface area contributed by atoms with Crippen LogP contribution in [0, 0.1) is 0 Å². The molecule has 0 atom stereocenters. The van der Waals surface area contributed by atoms with Gasteiger partial charge in [0.15, 0.2) is 0 Å². The number of hydrogen-bond donors (Lipinski definition) is 1. The standard InChI is InChI=1S/C18H21N3O4/c1-23-13-11-15(20-18(22)14-5-3-4-6-19-14)17(16(12-13)24-2)21-7-9-25-10-8-21/h3-6,11-12H,7-10H2,1-2H3,(H,20,22). The second kappa shape index (κ2) is 7.85. The molecule has 0 unspecified atom stereocenters. The fourth-order valence-corrected chi connectivity index (χ4v) is 2.75. The first-order valence-electron chi connectivity index (χ1n) is 8.04. The van der Waals surface area contributed by atoms with Gasteiger partial charge in [-0.1, -0.05) is 6.07 Å². The van der Waals surface area contributed by atoms with E-state index in [2.05, 4.69) is 15.2 Å². The van der Waals surface area contributed by atoms with E-state index >= 15 is 0 Å². The van der Waals surface area contributed by atoms with E-state index in [0.717, 1.165) is 18.8 Å². The zero-order chi connectivity index (χ0) is 17.6. The molecular weight excluding hydrogens is 322 g/mol. The van der Waals surface area contributed by atoms with Crippen LogP contribution in [0.15, 0.2) is 36.5 Å². The summed E-state index contributed by atoms with van der Waals surface area (Å²) in [5.41, 5.74) is 1.78. The van der Waals surface area contributed by atoms with Gasteiger partial charge in [-0.25, -0.2) is 0 Å². The summed E-state index contributed by atoms with van der Waals surface area (Å²) in [6.07, 6.45) is 1.59. The van der Waals surface area contributed by atoms with E-state index in [1.165, 1.54) is 0 Å². The van der Waals surface area contributed by atoms with Gasteiger partial charge in [-0.3, -0.25) is 9.78 Å². The van der Waals surface area contributed by atoms with Gasteiger partial charge in [-0.2, -0.15) is 0 Å². The number of nitrogens with one attached hydrogen (secondary N) is 1. The number of carbonyl (C=O) groups excluding carboxylic acids is 1. The second-order valence-corrected chi connectivity index (χ2v) is 5.49. The molecule has 132 valence electrons. The first-order valence-corrected chi connectivity index (χ1v) is 8.04. The Kier molecular flexibility index (Phi) is 5.35. The molecule has 0 radical (unpaired) electrons. The van der Waals surface area contributed by atoms with E-state index < -0.39 is 0 Å². The van der Waals surface area contributed by atoms with Gasteiger partial charge < -0.3 is 24.4 Å². The number of nitrogens with zero attached hydrogens (tertiary/aromatic N) is 2. The lowest BCUT2D eigenvalue weighted by Crippen LogP contribution is -2.37. The van der Waals surface area contributed by atoms with Crippen molar-refractivity contribution in [2.24, 2.45) is 0 Å². The van der Waals surface area contributed by atoms with Crippen LogP contribution in [0.3, 0.4) is 0 Å². The Morgan fingerprint density at radius 2 is 2.00 bits per heavy atom. The SMILES string of the molecule is COc1cc(NC(=O)c2ccccn2)c(N2CCOCC2)c(OC)c1. The molecule has 0 saturated carbocycles. The Labute approximate surface area is 146 Å². The maximum Gasteiger partial charge on any atom is 0.274 e. The topological polar surface area (TPSA) is 72.9 Å². The lowest BCUT2D eigenvalue weighted by molar-refractivity contribution is 0.102. The van der Waals surface area contributed by atoms with E-state index in [0.29, 0.717) is 36.1 Å². The van der Waals surface area contributed by atoms with Crippen LogP contribution in [0.5, 0.6) is 11.5 Å². The maximum atomic E-state index is 12.5. The summed E-state index contributed by atoms with van der Waals surface area (Å²) in [5.74, 6) is 0.952. The monoisotopic (exact) mass is 343 g/mol. The highest BCUT2D eigenvalue weighted by Crippen LogP contribution is 2.40. The van der Waals surface area contributed by atoms with Gasteiger partial charge in [0.25, 0.3) is 5.91 Å². The van der Waals surface area contributed by atoms with Gasteiger partial charge in [0.05, 0.1) is 33.1 Å². The van der Waals surface area contributed by atoms with E-state index in [-0.39, 0.29) is 5.91 Å². The number of hydrogen-bond acceptors (Lipinski definition) is 6. The number of morpholine rings is 1. The second-order valence-electron chi connectivity index (χ2n) is 5.49. The summed E-state index contributed by atoms with van der Waals surface area (Å²) >= 11 is 0. The molecular formula is C18H21N3O4. The van der Waals surface area contributed by atoms with Crippen LogP contribution in [-0.2, 0) is 4.74 Å². The summed E-state index contributed by atoms with van der Waals surface area (Å²) in [6, 6.07) is 8.80. The first-order chi connectivity index (χ1) is 12.2. The molecule has 0 aliphatic carbocycles. The Hall–Kier alpha value is -2.80. The third-order valence-corrected chi connectivity index (χ3v) is 3.98. The summed E-state index contributed by atoms with van der Waals surface area (Å²) in [7, 11) is 3.18. The molecule has 25 heavy (non-hydrogen) atoms. The fraction of sp³-hybridized carbons (Fsp3) is 0.333. The van der Waals surface area contributed by atoms with Crippen LogP contribution in [0.25, 0.3) is 0 Å². The number of anilines is 2. The lowest BCUT2D eigenvalue weighted by atomic mass is 10.2. The number of pyridine rings is 1. The van der Waals surface area contributed by atoms with Crippen molar-refractivity contribution in [1.29, 1.82) is 0 Å². The molecule has 1 aliphatic rings. The van der Waals surface area contributed by atoms with Crippen LogP contribution in [0.4, 0.5) is 11.4 Å². The molecule has 2 aromatic rings. The molecule has 1 fully saturated rings. The molecule has 1 aromatic carbocycles. The van der Waals surface area contributed by atoms with Crippen LogP contribution in [-0.4, -0.2) is 51.4 Å². The van der Waals surface area contributed by atoms with Gasteiger partial charge in [-0.05, 0) is 12.1 Å². The van der Waals surface area contributed by atoms with Crippen molar-refractivity contribution in [3.63, 3.8) is 0 Å². The zero-order valence-electron chi connectivity index (χ0n) is 14.3. The number of benzene rings is 1. The number of methoxy groups -OCH3 is 2. The molecule has 1 aromatic heterocycles. The smallest absolute Gasteiger partial charge is 0.274 e. The van der Waals surface area contributed by atoms with Crippen molar-refractivity contribution >= 4 is 17.3 Å². The first kappa shape index (κ1) is 17.0. The van der Waals surface area contributed by atoms with E-state index in [1.807, 2.05) is 0 Å². The van der Waals surface area contributed by atoms with Crippen LogP contribution >= 0.6 is 0 Å². The van der Waals surface area contributed by atoms with E-state index in [9.17, 15) is 4.79 Å². The normalized spacial score (nSPS) is 14.1. The minimum Gasteiger partial charge on any atom is -0.497 e. The van der Waals surface area contributed by atoms with Gasteiger partial charge >= 0.3 is 0 Å². The molecule has 1 saturated heterocycles. The Balaban J connectivity index is 1.98. The Morgan fingerprint density at radius 3 is 2.64 bits per heavy atom. The average Bonchev–Trinajstić information content (AvgIpc) is 2.68. The highest BCUT2D eigenvalue weighted by molar-refractivity contribution is 6.05. The maximum absolute atomic E-state index is 12.5. The zero-order valence-corrected chi connectivity index (χ0v) is 14.3. The number of ether oxygens (including phenoxy) is 3. The number of rotatable bonds is 5. The van der Waals surface area contributed by atoms with Crippen molar-refractivity contribution in [3.8, 4) is 11.5 Å². The summed E-state index contributed by atoms with van der Waals surface area (Å²) in [5, 5.41) is 2.93. The summed E-state index contributed by atoms with van der Waals surface area (Å²) < 4.78 is 16.3. The predicted octanol–water partition coefficient (Wildman–Crippen LogP) is 2.19. The van der Waals surface area contributed by atoms with Crippen molar-refractivity contribution in [2.45, 2.75) is 0 Å². The third kappa shape index (κ3) is 3.83. The molecule has 1 N–H and O–H groups in total. The molecule has 3 rings (SSSR count).